The Labute approximate surface area is 90.7 Å². The second-order valence-corrected chi connectivity index (χ2v) is 4.68. The Morgan fingerprint density at radius 2 is 2.14 bits per heavy atom. The van der Waals surface area contributed by atoms with Crippen LogP contribution in [0.15, 0.2) is 0 Å². The van der Waals surface area contributed by atoms with Crippen molar-refractivity contribution in [3.05, 3.63) is 0 Å². The van der Waals surface area contributed by atoms with E-state index in [0.717, 1.165) is 18.6 Å². The summed E-state index contributed by atoms with van der Waals surface area (Å²) < 4.78 is 0. The van der Waals surface area contributed by atoms with Gasteiger partial charge in [0.2, 0.25) is 0 Å². The van der Waals surface area contributed by atoms with Crippen LogP contribution in [0.25, 0.3) is 0 Å². The largest absolute Gasteiger partial charge is 0.480 e. The molecular formula is C10H21NO2S. The predicted octanol–water partition coefficient (Wildman–Crippen LogP) is 1.97. The molecule has 14 heavy (non-hydrogen) atoms. The van der Waals surface area contributed by atoms with E-state index in [1.54, 1.807) is 18.7 Å². The van der Waals surface area contributed by atoms with Crippen molar-refractivity contribution < 1.29 is 9.90 Å². The lowest BCUT2D eigenvalue weighted by Gasteiger charge is -2.25. The zero-order chi connectivity index (χ0) is 11.0. The molecule has 0 saturated carbocycles. The minimum Gasteiger partial charge on any atom is -0.480 e. The van der Waals surface area contributed by atoms with Gasteiger partial charge in [-0.3, -0.25) is 4.79 Å². The van der Waals surface area contributed by atoms with Crippen molar-refractivity contribution in [1.29, 1.82) is 0 Å². The number of aliphatic carboxylic acids is 1. The van der Waals surface area contributed by atoms with Gasteiger partial charge in [-0.15, -0.1) is 0 Å². The van der Waals surface area contributed by atoms with Gasteiger partial charge >= 0.3 is 5.97 Å². The molecule has 0 radical (unpaired) electrons. The van der Waals surface area contributed by atoms with E-state index in [1.165, 1.54) is 0 Å². The molecule has 3 nitrogen and oxygen atoms in total. The zero-order valence-corrected chi connectivity index (χ0v) is 10.1. The van der Waals surface area contributed by atoms with Crippen LogP contribution in [0, 0.1) is 0 Å². The molecule has 0 aliphatic carbocycles. The molecule has 0 bridgehead atoms. The monoisotopic (exact) mass is 219 g/mol. The molecule has 0 aliphatic rings. The number of unbranched alkanes of at least 4 members (excludes halogenated alkanes) is 1. The van der Waals surface area contributed by atoms with Gasteiger partial charge < -0.3 is 10.4 Å². The van der Waals surface area contributed by atoms with Gasteiger partial charge in [-0.1, -0.05) is 20.3 Å². The fourth-order valence-electron chi connectivity index (χ4n) is 1.10. The molecule has 0 aromatic carbocycles. The summed E-state index contributed by atoms with van der Waals surface area (Å²) in [6.07, 6.45) is 2.32. The molecule has 0 saturated heterocycles. The number of carboxylic acid groups (broad SMARTS) is 1. The van der Waals surface area contributed by atoms with E-state index in [0.29, 0.717) is 12.3 Å². The number of thioether (sulfide) groups is 1. The Balaban J connectivity index is 3.90. The van der Waals surface area contributed by atoms with Crippen LogP contribution in [0.4, 0.5) is 0 Å². The Bertz CT molecular complexity index is 176. The molecule has 84 valence electrons. The van der Waals surface area contributed by atoms with Crippen LogP contribution in [0.5, 0.6) is 0 Å². The first-order valence-corrected chi connectivity index (χ1v) is 6.28. The lowest BCUT2D eigenvalue weighted by molar-refractivity contribution is -0.143. The van der Waals surface area contributed by atoms with Crippen molar-refractivity contribution in [2.45, 2.75) is 39.2 Å². The molecule has 0 amide bonds. The second-order valence-electron chi connectivity index (χ2n) is 3.57. The Kier molecular flexibility index (Phi) is 7.01. The highest BCUT2D eigenvalue weighted by Gasteiger charge is 2.31. The lowest BCUT2D eigenvalue weighted by Crippen LogP contribution is -2.51. The van der Waals surface area contributed by atoms with Gasteiger partial charge in [0.25, 0.3) is 0 Å². The molecule has 2 N–H and O–H groups in total. The average molecular weight is 219 g/mol. The Morgan fingerprint density at radius 1 is 1.50 bits per heavy atom. The maximum Gasteiger partial charge on any atom is 0.324 e. The van der Waals surface area contributed by atoms with E-state index >= 15 is 0 Å². The number of hydrogen-bond acceptors (Lipinski definition) is 3. The average Bonchev–Trinajstić information content (AvgIpc) is 2.13. The normalized spacial score (nSPS) is 15.1. The summed E-state index contributed by atoms with van der Waals surface area (Å²) in [7, 11) is 0. The molecule has 0 aliphatic heterocycles. The maximum absolute atomic E-state index is 11.0. The van der Waals surface area contributed by atoms with E-state index in [9.17, 15) is 4.79 Å². The summed E-state index contributed by atoms with van der Waals surface area (Å²) >= 11 is 1.71. The fraction of sp³-hybridized carbons (Fsp3) is 0.900. The number of carboxylic acids is 1. The van der Waals surface area contributed by atoms with E-state index in [2.05, 4.69) is 12.2 Å². The molecule has 0 rings (SSSR count). The molecule has 0 heterocycles. The first-order valence-electron chi connectivity index (χ1n) is 5.13. The SMILES string of the molecule is CCCCSCC(C)(NCC)C(=O)O. The van der Waals surface area contributed by atoms with E-state index in [4.69, 9.17) is 5.11 Å². The van der Waals surface area contributed by atoms with Crippen molar-refractivity contribution in [2.24, 2.45) is 0 Å². The highest BCUT2D eigenvalue weighted by molar-refractivity contribution is 7.99. The molecule has 1 unspecified atom stereocenters. The topological polar surface area (TPSA) is 49.3 Å². The van der Waals surface area contributed by atoms with Crippen LogP contribution in [0.3, 0.4) is 0 Å². The summed E-state index contributed by atoms with van der Waals surface area (Å²) in [6, 6.07) is 0. The van der Waals surface area contributed by atoms with Crippen LogP contribution in [-0.4, -0.2) is 34.7 Å². The lowest BCUT2D eigenvalue weighted by atomic mass is 10.1. The van der Waals surface area contributed by atoms with Gasteiger partial charge in [-0.25, -0.2) is 0 Å². The van der Waals surface area contributed by atoms with Crippen LogP contribution in [0.2, 0.25) is 0 Å². The van der Waals surface area contributed by atoms with Gasteiger partial charge in [0, 0.05) is 5.75 Å². The van der Waals surface area contributed by atoms with Crippen LogP contribution >= 0.6 is 11.8 Å². The zero-order valence-electron chi connectivity index (χ0n) is 9.30. The number of hydrogen-bond donors (Lipinski definition) is 2. The summed E-state index contributed by atoms with van der Waals surface area (Å²) in [4.78, 5) is 11.0. The van der Waals surface area contributed by atoms with Gasteiger partial charge in [-0.05, 0) is 25.6 Å². The summed E-state index contributed by atoms with van der Waals surface area (Å²) in [5, 5.41) is 12.1. The smallest absolute Gasteiger partial charge is 0.324 e. The van der Waals surface area contributed by atoms with Crippen molar-refractivity contribution in [1.82, 2.24) is 5.32 Å². The number of likely N-dealkylation sites (N-methyl/N-ethyl adjacent to an activating group) is 1. The molecule has 0 aromatic heterocycles. The molecular weight excluding hydrogens is 198 g/mol. The summed E-state index contributed by atoms with van der Waals surface area (Å²) in [6.45, 7) is 6.51. The minimum atomic E-state index is -0.771. The molecule has 1 atom stereocenters. The van der Waals surface area contributed by atoms with Gasteiger partial charge in [0.1, 0.15) is 5.54 Å². The quantitative estimate of drug-likeness (QED) is 0.613. The minimum absolute atomic E-state index is 0.635. The first-order chi connectivity index (χ1) is 6.56. The van der Waals surface area contributed by atoms with Crippen molar-refractivity contribution in [2.75, 3.05) is 18.1 Å². The van der Waals surface area contributed by atoms with E-state index < -0.39 is 11.5 Å². The van der Waals surface area contributed by atoms with Crippen LogP contribution < -0.4 is 5.32 Å². The molecule has 0 fully saturated rings. The third kappa shape index (κ3) is 4.86. The van der Waals surface area contributed by atoms with Crippen LogP contribution in [-0.2, 0) is 4.79 Å². The third-order valence-electron chi connectivity index (χ3n) is 2.07. The van der Waals surface area contributed by atoms with Gasteiger partial charge in [0.05, 0.1) is 0 Å². The van der Waals surface area contributed by atoms with E-state index in [1.807, 2.05) is 6.92 Å². The standard InChI is InChI=1S/C10H21NO2S/c1-4-6-7-14-8-10(3,9(12)13)11-5-2/h11H,4-8H2,1-3H3,(H,12,13). The summed E-state index contributed by atoms with van der Waals surface area (Å²) in [5.74, 6) is 0.921. The van der Waals surface area contributed by atoms with Crippen LogP contribution in [0.1, 0.15) is 33.6 Å². The third-order valence-corrected chi connectivity index (χ3v) is 3.43. The molecule has 0 aromatic rings. The maximum atomic E-state index is 11.0. The van der Waals surface area contributed by atoms with Gasteiger partial charge in [0.15, 0.2) is 0 Å². The Hall–Kier alpha value is -0.220. The van der Waals surface area contributed by atoms with E-state index in [-0.39, 0.29) is 0 Å². The first kappa shape index (κ1) is 13.8. The Morgan fingerprint density at radius 3 is 2.57 bits per heavy atom. The predicted molar refractivity (Wildman–Crippen MR) is 62.0 cm³/mol. The van der Waals surface area contributed by atoms with Crippen molar-refractivity contribution in [3.8, 4) is 0 Å². The number of carbonyl (C=O) groups is 1. The van der Waals surface area contributed by atoms with Crippen molar-refractivity contribution >= 4 is 17.7 Å². The number of rotatable bonds is 8. The number of nitrogens with one attached hydrogen (secondary N) is 1. The summed E-state index contributed by atoms with van der Waals surface area (Å²) in [5.41, 5.74) is -0.771. The second kappa shape index (κ2) is 7.12. The highest BCUT2D eigenvalue weighted by Crippen LogP contribution is 2.15. The van der Waals surface area contributed by atoms with Gasteiger partial charge in [-0.2, -0.15) is 11.8 Å². The highest BCUT2D eigenvalue weighted by atomic mass is 32.2. The molecule has 4 heteroatoms. The van der Waals surface area contributed by atoms with Crippen molar-refractivity contribution in [3.63, 3.8) is 0 Å². The molecule has 0 spiro atoms. The fourth-order valence-corrected chi connectivity index (χ4v) is 2.37.